The summed E-state index contributed by atoms with van der Waals surface area (Å²) in [5, 5.41) is 9.89. The normalized spacial score (nSPS) is 24.6. The lowest BCUT2D eigenvalue weighted by Crippen LogP contribution is -2.36. The van der Waals surface area contributed by atoms with Crippen LogP contribution in [0.3, 0.4) is 0 Å². The van der Waals surface area contributed by atoms with Gasteiger partial charge in [-0.3, -0.25) is 14.8 Å². The van der Waals surface area contributed by atoms with Crippen LogP contribution in [-0.4, -0.2) is 95.1 Å². The van der Waals surface area contributed by atoms with Gasteiger partial charge in [0.2, 0.25) is 0 Å². The van der Waals surface area contributed by atoms with E-state index in [9.17, 15) is 9.90 Å². The first-order valence-electron chi connectivity index (χ1n) is 10.2. The van der Waals surface area contributed by atoms with E-state index in [1.165, 1.54) is 6.42 Å². The fourth-order valence-electron chi connectivity index (χ4n) is 4.41. The lowest BCUT2D eigenvalue weighted by Gasteiger charge is -2.26. The molecule has 0 radical (unpaired) electrons. The topological polar surface area (TPSA) is 72.8 Å². The number of hydrogen-bond donors (Lipinski definition) is 1. The van der Waals surface area contributed by atoms with Crippen LogP contribution in [-0.2, 0) is 0 Å². The molecule has 0 aliphatic carbocycles. The lowest BCUT2D eigenvalue weighted by atomic mass is 9.96. The monoisotopic (exact) mass is 383 g/mol. The summed E-state index contributed by atoms with van der Waals surface area (Å²) in [6.45, 7) is 6.77. The molecule has 7 nitrogen and oxygen atoms in total. The highest BCUT2D eigenvalue weighted by Gasteiger charge is 2.36. The molecule has 0 unspecified atom stereocenters. The molecule has 4 rings (SSSR count). The molecule has 2 aromatic rings. The van der Waals surface area contributed by atoms with Crippen LogP contribution < -0.4 is 0 Å². The van der Waals surface area contributed by atoms with Gasteiger partial charge in [0.25, 0.3) is 5.91 Å². The molecule has 150 valence electrons. The van der Waals surface area contributed by atoms with E-state index in [0.29, 0.717) is 24.6 Å². The zero-order chi connectivity index (χ0) is 19.5. The van der Waals surface area contributed by atoms with Crippen molar-refractivity contribution in [2.24, 2.45) is 11.8 Å². The number of aromatic nitrogens is 2. The van der Waals surface area contributed by atoms with Crippen molar-refractivity contribution in [1.29, 1.82) is 0 Å². The molecular weight excluding hydrogens is 354 g/mol. The zero-order valence-electron chi connectivity index (χ0n) is 16.5. The SMILES string of the molecule is CN1CCCN(C[C@@H]2CN(C(=O)c3ccc4nccnc4c3)C[C@@H]2CO)CC1. The number of likely N-dealkylation sites (tertiary alicyclic amines) is 1. The maximum atomic E-state index is 13.1. The van der Waals surface area contributed by atoms with E-state index in [2.05, 4.69) is 26.8 Å². The zero-order valence-corrected chi connectivity index (χ0v) is 16.5. The van der Waals surface area contributed by atoms with Crippen molar-refractivity contribution in [3.63, 3.8) is 0 Å². The molecule has 2 fully saturated rings. The standard InChI is InChI=1S/C21H29N5O2/c1-24-7-2-8-25(10-9-24)12-17-13-26(14-18(17)15-27)21(28)16-3-4-19-20(11-16)23-6-5-22-19/h3-6,11,17-18,27H,2,7-10,12-15H2,1H3/t17-,18-/m1/s1. The summed E-state index contributed by atoms with van der Waals surface area (Å²) in [5.41, 5.74) is 2.16. The summed E-state index contributed by atoms with van der Waals surface area (Å²) in [6.07, 6.45) is 4.47. The Morgan fingerprint density at radius 1 is 1.07 bits per heavy atom. The molecule has 0 bridgehead atoms. The Labute approximate surface area is 166 Å². The number of nitrogens with zero attached hydrogens (tertiary/aromatic N) is 5. The summed E-state index contributed by atoms with van der Waals surface area (Å²) in [6, 6.07) is 5.49. The van der Waals surface area contributed by atoms with Crippen LogP contribution in [0.5, 0.6) is 0 Å². The first kappa shape index (κ1) is 19.2. The summed E-state index contributed by atoms with van der Waals surface area (Å²) in [7, 11) is 2.17. The summed E-state index contributed by atoms with van der Waals surface area (Å²) in [4.78, 5) is 28.4. The van der Waals surface area contributed by atoms with Crippen LogP contribution in [0.25, 0.3) is 11.0 Å². The number of amides is 1. The third-order valence-corrected chi connectivity index (χ3v) is 6.12. The van der Waals surface area contributed by atoms with E-state index >= 15 is 0 Å². The molecule has 28 heavy (non-hydrogen) atoms. The van der Waals surface area contributed by atoms with E-state index < -0.39 is 0 Å². The van der Waals surface area contributed by atoms with Crippen LogP contribution in [0.1, 0.15) is 16.8 Å². The van der Waals surface area contributed by atoms with E-state index in [0.717, 1.165) is 43.8 Å². The van der Waals surface area contributed by atoms with Crippen molar-refractivity contribution in [2.45, 2.75) is 6.42 Å². The minimum absolute atomic E-state index is 0.0177. The molecule has 3 heterocycles. The molecular formula is C21H29N5O2. The van der Waals surface area contributed by atoms with Crippen molar-refractivity contribution in [3.05, 3.63) is 36.2 Å². The molecule has 0 saturated carbocycles. The molecule has 7 heteroatoms. The van der Waals surface area contributed by atoms with Gasteiger partial charge in [0.05, 0.1) is 11.0 Å². The third kappa shape index (κ3) is 4.16. The molecule has 1 aromatic carbocycles. The average Bonchev–Trinajstić information content (AvgIpc) is 3.02. The highest BCUT2D eigenvalue weighted by molar-refractivity contribution is 5.97. The second-order valence-corrected chi connectivity index (χ2v) is 8.13. The number of aliphatic hydroxyl groups is 1. The molecule has 2 aliphatic rings. The van der Waals surface area contributed by atoms with Crippen molar-refractivity contribution in [1.82, 2.24) is 24.7 Å². The quantitative estimate of drug-likeness (QED) is 0.848. The van der Waals surface area contributed by atoms with Gasteiger partial charge in [-0.1, -0.05) is 0 Å². The van der Waals surface area contributed by atoms with Gasteiger partial charge < -0.3 is 19.8 Å². The van der Waals surface area contributed by atoms with Crippen molar-refractivity contribution >= 4 is 16.9 Å². The number of likely N-dealkylation sites (N-methyl/N-ethyl adjacent to an activating group) is 1. The fourth-order valence-corrected chi connectivity index (χ4v) is 4.41. The molecule has 0 spiro atoms. The third-order valence-electron chi connectivity index (χ3n) is 6.12. The van der Waals surface area contributed by atoms with Crippen LogP contribution >= 0.6 is 0 Å². The Balaban J connectivity index is 1.44. The first-order valence-corrected chi connectivity index (χ1v) is 10.2. The van der Waals surface area contributed by atoms with Crippen LogP contribution in [0.2, 0.25) is 0 Å². The number of carbonyl (C=O) groups excluding carboxylic acids is 1. The van der Waals surface area contributed by atoms with Gasteiger partial charge in [-0.25, -0.2) is 0 Å². The Hall–Kier alpha value is -2.09. The van der Waals surface area contributed by atoms with E-state index in [4.69, 9.17) is 0 Å². The minimum atomic E-state index is 0.0177. The van der Waals surface area contributed by atoms with Crippen LogP contribution in [0, 0.1) is 11.8 Å². The van der Waals surface area contributed by atoms with Gasteiger partial charge in [-0.15, -0.1) is 0 Å². The summed E-state index contributed by atoms with van der Waals surface area (Å²) in [5.74, 6) is 0.479. The van der Waals surface area contributed by atoms with Crippen molar-refractivity contribution in [3.8, 4) is 0 Å². The predicted molar refractivity (Wildman–Crippen MR) is 108 cm³/mol. The largest absolute Gasteiger partial charge is 0.396 e. The van der Waals surface area contributed by atoms with Gasteiger partial charge in [-0.2, -0.15) is 0 Å². The smallest absolute Gasteiger partial charge is 0.253 e. The number of hydrogen-bond acceptors (Lipinski definition) is 6. The number of fused-ring (bicyclic) bond motifs is 1. The van der Waals surface area contributed by atoms with Gasteiger partial charge in [0.1, 0.15) is 0 Å². The molecule has 1 N–H and O–H groups in total. The van der Waals surface area contributed by atoms with E-state index in [1.807, 2.05) is 23.1 Å². The molecule has 2 atom stereocenters. The number of benzene rings is 1. The lowest BCUT2D eigenvalue weighted by molar-refractivity contribution is 0.0779. The number of aliphatic hydroxyl groups excluding tert-OH is 1. The highest BCUT2D eigenvalue weighted by Crippen LogP contribution is 2.26. The fraction of sp³-hybridized carbons (Fsp3) is 0.571. The Morgan fingerprint density at radius 2 is 1.86 bits per heavy atom. The van der Waals surface area contributed by atoms with Gasteiger partial charge in [-0.05, 0) is 50.7 Å². The van der Waals surface area contributed by atoms with Crippen LogP contribution in [0.15, 0.2) is 30.6 Å². The molecule has 1 aromatic heterocycles. The van der Waals surface area contributed by atoms with Gasteiger partial charge in [0.15, 0.2) is 0 Å². The van der Waals surface area contributed by atoms with E-state index in [1.54, 1.807) is 12.4 Å². The number of carbonyl (C=O) groups is 1. The molecule has 2 aliphatic heterocycles. The summed E-state index contributed by atoms with van der Waals surface area (Å²) < 4.78 is 0. The first-order chi connectivity index (χ1) is 13.6. The highest BCUT2D eigenvalue weighted by atomic mass is 16.3. The molecule has 2 saturated heterocycles. The van der Waals surface area contributed by atoms with Gasteiger partial charge >= 0.3 is 0 Å². The Kier molecular flexibility index (Phi) is 5.85. The van der Waals surface area contributed by atoms with E-state index in [-0.39, 0.29) is 18.4 Å². The minimum Gasteiger partial charge on any atom is -0.396 e. The predicted octanol–water partition coefficient (Wildman–Crippen LogP) is 0.948. The average molecular weight is 383 g/mol. The maximum Gasteiger partial charge on any atom is 0.253 e. The van der Waals surface area contributed by atoms with Crippen LogP contribution in [0.4, 0.5) is 0 Å². The molecule has 1 amide bonds. The van der Waals surface area contributed by atoms with Crippen molar-refractivity contribution < 1.29 is 9.90 Å². The summed E-state index contributed by atoms with van der Waals surface area (Å²) >= 11 is 0. The van der Waals surface area contributed by atoms with Crippen molar-refractivity contribution in [2.75, 3.05) is 59.5 Å². The maximum absolute atomic E-state index is 13.1. The Morgan fingerprint density at radius 3 is 2.68 bits per heavy atom. The second-order valence-electron chi connectivity index (χ2n) is 8.13. The Bertz CT molecular complexity index is 829. The number of rotatable bonds is 4. The van der Waals surface area contributed by atoms with Gasteiger partial charge in [0, 0.05) is 63.2 Å². The second kappa shape index (κ2) is 8.51.